The average Bonchev–Trinajstić information content (AvgIpc) is 3.58. The number of nitrogens with zero attached hydrogens (tertiary/aromatic N) is 8. The van der Waals surface area contributed by atoms with Crippen molar-refractivity contribution in [2.75, 3.05) is 11.4 Å². The summed E-state index contributed by atoms with van der Waals surface area (Å²) in [6.07, 6.45) is 6.41. The standard InChI is InChI=1S/C22H16ClN9O/c23-15-6-8-31-18(15)22(33)32(14-4-1-3-13(9-14)10-24)20(29-31)16-5-2-7-30(16)21-17-19(26-11-25-17)27-12-28-21/h1,3-4,6,8-9,11-12,16H,2,5,7H2,(H,25,26,27,28)/t16-/m0/s1. The summed E-state index contributed by atoms with van der Waals surface area (Å²) in [5.74, 6) is 1.22. The Labute approximate surface area is 191 Å². The molecule has 10 nitrogen and oxygen atoms in total. The van der Waals surface area contributed by atoms with Gasteiger partial charge >= 0.3 is 0 Å². The molecule has 0 spiro atoms. The zero-order valence-electron chi connectivity index (χ0n) is 17.2. The van der Waals surface area contributed by atoms with Crippen LogP contribution in [0.3, 0.4) is 0 Å². The van der Waals surface area contributed by atoms with Crippen molar-refractivity contribution in [1.29, 1.82) is 5.26 Å². The summed E-state index contributed by atoms with van der Waals surface area (Å²) in [7, 11) is 0. The number of rotatable bonds is 3. The molecule has 1 N–H and O–H groups in total. The van der Waals surface area contributed by atoms with Crippen molar-refractivity contribution in [3.8, 4) is 11.8 Å². The fourth-order valence-corrected chi connectivity index (χ4v) is 4.70. The molecule has 0 amide bonds. The van der Waals surface area contributed by atoms with Crippen molar-refractivity contribution < 1.29 is 0 Å². The van der Waals surface area contributed by atoms with Gasteiger partial charge in [0.2, 0.25) is 0 Å². The van der Waals surface area contributed by atoms with Gasteiger partial charge in [0, 0.05) is 12.7 Å². The molecule has 33 heavy (non-hydrogen) atoms. The number of hydrogen-bond donors (Lipinski definition) is 1. The number of fused-ring (bicyclic) bond motifs is 2. The summed E-state index contributed by atoms with van der Waals surface area (Å²) in [6.45, 7) is 0.724. The average molecular weight is 458 g/mol. The predicted octanol–water partition coefficient (Wildman–Crippen LogP) is 3.02. The van der Waals surface area contributed by atoms with Gasteiger partial charge in [-0.1, -0.05) is 17.7 Å². The normalized spacial score (nSPS) is 16.0. The highest BCUT2D eigenvalue weighted by atomic mass is 35.5. The molecule has 5 aromatic rings. The number of benzene rings is 1. The molecule has 5 heterocycles. The van der Waals surface area contributed by atoms with E-state index in [4.69, 9.17) is 16.7 Å². The van der Waals surface area contributed by atoms with E-state index in [1.54, 1.807) is 47.4 Å². The van der Waals surface area contributed by atoms with E-state index in [0.29, 0.717) is 39.1 Å². The Morgan fingerprint density at radius 2 is 2.12 bits per heavy atom. The van der Waals surface area contributed by atoms with Crippen molar-refractivity contribution in [2.24, 2.45) is 0 Å². The lowest BCUT2D eigenvalue weighted by Crippen LogP contribution is -2.33. The zero-order valence-corrected chi connectivity index (χ0v) is 17.9. The number of hydrogen-bond acceptors (Lipinski definition) is 7. The van der Waals surface area contributed by atoms with Crippen molar-refractivity contribution in [2.45, 2.75) is 18.9 Å². The minimum Gasteiger partial charge on any atom is -0.344 e. The first-order valence-corrected chi connectivity index (χ1v) is 10.7. The Bertz CT molecular complexity index is 1630. The number of anilines is 1. The van der Waals surface area contributed by atoms with Crippen molar-refractivity contribution >= 4 is 34.1 Å². The van der Waals surface area contributed by atoms with Crippen LogP contribution >= 0.6 is 11.6 Å². The Hall–Kier alpha value is -4.23. The Morgan fingerprint density at radius 3 is 3.00 bits per heavy atom. The van der Waals surface area contributed by atoms with E-state index in [1.165, 1.54) is 10.8 Å². The molecule has 1 aliphatic rings. The van der Waals surface area contributed by atoms with E-state index >= 15 is 0 Å². The van der Waals surface area contributed by atoms with Crippen LogP contribution in [0, 0.1) is 11.3 Å². The minimum atomic E-state index is -0.301. The van der Waals surface area contributed by atoms with Crippen LogP contribution in [-0.4, -0.2) is 40.7 Å². The number of aromatic amines is 1. The lowest BCUT2D eigenvalue weighted by Gasteiger charge is -2.27. The third-order valence-corrected chi connectivity index (χ3v) is 6.22. The van der Waals surface area contributed by atoms with E-state index < -0.39 is 0 Å². The van der Waals surface area contributed by atoms with Gasteiger partial charge in [0.1, 0.15) is 17.4 Å². The van der Waals surface area contributed by atoms with E-state index in [-0.39, 0.29) is 17.1 Å². The predicted molar refractivity (Wildman–Crippen MR) is 122 cm³/mol. The Morgan fingerprint density at radius 1 is 1.21 bits per heavy atom. The van der Waals surface area contributed by atoms with Crippen LogP contribution in [0.1, 0.15) is 30.3 Å². The Kier molecular flexibility index (Phi) is 4.38. The number of nitrogens with one attached hydrogen (secondary N) is 1. The highest BCUT2D eigenvalue weighted by molar-refractivity contribution is 6.33. The highest BCUT2D eigenvalue weighted by Gasteiger charge is 2.34. The van der Waals surface area contributed by atoms with Crippen LogP contribution in [-0.2, 0) is 0 Å². The highest BCUT2D eigenvalue weighted by Crippen LogP contribution is 2.37. The molecule has 0 radical (unpaired) electrons. The molecule has 0 bridgehead atoms. The third kappa shape index (κ3) is 2.97. The molecule has 1 aliphatic heterocycles. The van der Waals surface area contributed by atoms with Crippen molar-refractivity contribution in [3.63, 3.8) is 0 Å². The summed E-state index contributed by atoms with van der Waals surface area (Å²) >= 11 is 6.32. The maximum atomic E-state index is 13.7. The fourth-order valence-electron chi connectivity index (χ4n) is 4.48. The fraction of sp³-hybridized carbons (Fsp3) is 0.182. The van der Waals surface area contributed by atoms with Crippen LogP contribution in [0.4, 0.5) is 5.82 Å². The summed E-state index contributed by atoms with van der Waals surface area (Å²) in [4.78, 5) is 31.9. The van der Waals surface area contributed by atoms with Gasteiger partial charge in [-0.15, -0.1) is 0 Å². The van der Waals surface area contributed by atoms with E-state index in [0.717, 1.165) is 19.4 Å². The summed E-state index contributed by atoms with van der Waals surface area (Å²) in [5, 5.41) is 14.5. The molecular weight excluding hydrogens is 442 g/mol. The number of nitriles is 1. The molecule has 6 rings (SSSR count). The molecule has 1 atom stereocenters. The van der Waals surface area contributed by atoms with Crippen molar-refractivity contribution in [1.82, 2.24) is 34.1 Å². The number of aromatic nitrogens is 7. The molecule has 0 aliphatic carbocycles. The second kappa shape index (κ2) is 7.43. The largest absolute Gasteiger partial charge is 0.344 e. The number of halogens is 1. The lowest BCUT2D eigenvalue weighted by atomic mass is 10.1. The van der Waals surface area contributed by atoms with Crippen LogP contribution in [0.2, 0.25) is 5.02 Å². The molecule has 0 unspecified atom stereocenters. The topological polar surface area (TPSA) is 121 Å². The molecule has 1 fully saturated rings. The van der Waals surface area contributed by atoms with Gasteiger partial charge in [-0.3, -0.25) is 9.36 Å². The smallest absolute Gasteiger partial charge is 0.284 e. The molecule has 11 heteroatoms. The molecule has 162 valence electrons. The van der Waals surface area contributed by atoms with Gasteiger partial charge in [-0.2, -0.15) is 10.4 Å². The van der Waals surface area contributed by atoms with Crippen LogP contribution in [0.15, 0.2) is 54.0 Å². The van der Waals surface area contributed by atoms with Gasteiger partial charge in [-0.25, -0.2) is 19.5 Å². The summed E-state index contributed by atoms with van der Waals surface area (Å²) < 4.78 is 3.07. The summed E-state index contributed by atoms with van der Waals surface area (Å²) in [6, 6.07) is 10.4. The maximum absolute atomic E-state index is 13.7. The van der Waals surface area contributed by atoms with E-state index in [1.807, 2.05) is 0 Å². The van der Waals surface area contributed by atoms with Crippen LogP contribution in [0.25, 0.3) is 22.4 Å². The molecule has 0 saturated carbocycles. The molecular formula is C22H16ClN9O. The monoisotopic (exact) mass is 457 g/mol. The molecule has 4 aromatic heterocycles. The molecule has 1 saturated heterocycles. The second-order valence-electron chi connectivity index (χ2n) is 7.77. The second-order valence-corrected chi connectivity index (χ2v) is 8.17. The zero-order chi connectivity index (χ0) is 22.5. The van der Waals surface area contributed by atoms with E-state index in [9.17, 15) is 10.1 Å². The van der Waals surface area contributed by atoms with Gasteiger partial charge in [0.25, 0.3) is 5.56 Å². The first-order valence-electron chi connectivity index (χ1n) is 10.4. The van der Waals surface area contributed by atoms with Gasteiger partial charge in [0.05, 0.1) is 34.7 Å². The third-order valence-electron chi connectivity index (χ3n) is 5.92. The lowest BCUT2D eigenvalue weighted by molar-refractivity contribution is 0.602. The van der Waals surface area contributed by atoms with Gasteiger partial charge in [-0.05, 0) is 37.1 Å². The van der Waals surface area contributed by atoms with Gasteiger partial charge in [0.15, 0.2) is 17.3 Å². The first-order chi connectivity index (χ1) is 16.2. The maximum Gasteiger partial charge on any atom is 0.284 e. The number of imidazole rings is 1. The first kappa shape index (κ1) is 19.5. The van der Waals surface area contributed by atoms with Crippen LogP contribution < -0.4 is 10.5 Å². The molecule has 1 aromatic carbocycles. The van der Waals surface area contributed by atoms with Crippen LogP contribution in [0.5, 0.6) is 0 Å². The SMILES string of the molecule is N#Cc1cccc(-n2c([C@@H]3CCCN3c3ncnc4[nH]cnc34)nn3ccc(Cl)c3c2=O)c1. The van der Waals surface area contributed by atoms with E-state index in [2.05, 4.69) is 30.9 Å². The van der Waals surface area contributed by atoms with Crippen molar-refractivity contribution in [3.05, 3.63) is 75.9 Å². The van der Waals surface area contributed by atoms with Gasteiger partial charge < -0.3 is 9.88 Å². The minimum absolute atomic E-state index is 0.246. The summed E-state index contributed by atoms with van der Waals surface area (Å²) in [5.41, 5.74) is 2.29. The number of H-pyrrole nitrogens is 1. The Balaban J connectivity index is 1.61. The quantitative estimate of drug-likeness (QED) is 0.442.